The van der Waals surface area contributed by atoms with Crippen LogP contribution in [0.2, 0.25) is 0 Å². The highest BCUT2D eigenvalue weighted by atomic mass is 19.3. The van der Waals surface area contributed by atoms with E-state index in [1.165, 1.54) is 57.7 Å². The smallest absolute Gasteiger partial charge is 0.278 e. The highest BCUT2D eigenvalue weighted by Crippen LogP contribution is 2.27. The van der Waals surface area contributed by atoms with Crippen molar-refractivity contribution >= 4 is 6.29 Å². The molecule has 38 heavy (non-hydrogen) atoms. The molecule has 1 saturated carbocycles. The quantitative estimate of drug-likeness (QED) is 0.444. The number of nitrogens with two attached hydrogens (primary N) is 1. The summed E-state index contributed by atoms with van der Waals surface area (Å²) in [4.78, 5) is 19.4. The number of carbonyl (C=O) groups is 1. The summed E-state index contributed by atoms with van der Waals surface area (Å²) in [5.41, 5.74) is 8.30. The zero-order chi connectivity index (χ0) is 28.0. The number of halogens is 2. The Morgan fingerprint density at radius 1 is 1.18 bits per heavy atom. The Hall–Kier alpha value is -2.58. The molecule has 1 aliphatic carbocycles. The summed E-state index contributed by atoms with van der Waals surface area (Å²) in [6, 6.07) is 3.72. The number of rotatable bonds is 8. The fraction of sp³-hybridized carbons (Fsp3) is 0.600. The van der Waals surface area contributed by atoms with Gasteiger partial charge in [0.15, 0.2) is 12.9 Å². The van der Waals surface area contributed by atoms with Crippen molar-refractivity contribution in [3.05, 3.63) is 59.6 Å². The summed E-state index contributed by atoms with van der Waals surface area (Å²) in [6.45, 7) is 10.1. The summed E-state index contributed by atoms with van der Waals surface area (Å²) in [6.07, 6.45) is 16.5. The van der Waals surface area contributed by atoms with Crippen molar-refractivity contribution in [2.24, 2.45) is 11.7 Å². The molecule has 3 heterocycles. The van der Waals surface area contributed by atoms with Gasteiger partial charge in [-0.2, -0.15) is 0 Å². The summed E-state index contributed by atoms with van der Waals surface area (Å²) in [5.74, 6) is -1.60. The van der Waals surface area contributed by atoms with E-state index in [9.17, 15) is 13.6 Å². The first-order valence-electron chi connectivity index (χ1n) is 13.9. The van der Waals surface area contributed by atoms with Gasteiger partial charge in [-0.05, 0) is 57.0 Å². The Balaban J connectivity index is 0.000000327. The number of hydrogen-bond acceptors (Lipinski definition) is 6. The van der Waals surface area contributed by atoms with Gasteiger partial charge in [0.1, 0.15) is 0 Å². The number of ether oxygens (including phenoxy) is 1. The third kappa shape index (κ3) is 10.7. The predicted octanol–water partition coefficient (Wildman–Crippen LogP) is 5.54. The Bertz CT molecular complexity index is 937. The maximum absolute atomic E-state index is 12.9. The van der Waals surface area contributed by atoms with Crippen LogP contribution in [0.3, 0.4) is 0 Å². The maximum atomic E-state index is 12.9. The lowest BCUT2D eigenvalue weighted by Crippen LogP contribution is -2.29. The number of nitrogens with zero attached hydrogens (tertiary/aromatic N) is 3. The van der Waals surface area contributed by atoms with Gasteiger partial charge in [-0.25, -0.2) is 13.8 Å². The largest absolute Gasteiger partial charge is 0.471 e. The molecule has 212 valence electrons. The van der Waals surface area contributed by atoms with Gasteiger partial charge in [0.2, 0.25) is 5.88 Å². The number of allylic oxidation sites excluding steroid dienone is 4. The van der Waals surface area contributed by atoms with Crippen LogP contribution in [0, 0.1) is 5.92 Å². The SMILES string of the molecule is C=C1C=CC=C(C=O)N1CC.CC(F)(F)COc1ccc2c(n1)CCN(CCC1CCCCC1)CC2.CN. The second-order valence-electron chi connectivity index (χ2n) is 10.1. The minimum absolute atomic E-state index is 0.316. The number of alkyl halides is 2. The van der Waals surface area contributed by atoms with Crippen LogP contribution in [0.15, 0.2) is 48.3 Å². The molecule has 1 aromatic heterocycles. The summed E-state index contributed by atoms with van der Waals surface area (Å²) >= 11 is 0. The van der Waals surface area contributed by atoms with Crippen molar-refractivity contribution < 1.29 is 18.3 Å². The van der Waals surface area contributed by atoms with E-state index in [-0.39, 0.29) is 0 Å². The third-order valence-electron chi connectivity index (χ3n) is 7.11. The molecule has 2 N–H and O–H groups in total. The van der Waals surface area contributed by atoms with Crippen LogP contribution < -0.4 is 10.5 Å². The van der Waals surface area contributed by atoms with E-state index in [0.29, 0.717) is 11.6 Å². The lowest BCUT2D eigenvalue weighted by Gasteiger charge is -2.26. The highest BCUT2D eigenvalue weighted by Gasteiger charge is 2.23. The average Bonchev–Trinajstić information content (AvgIpc) is 3.14. The molecule has 0 bridgehead atoms. The second kappa shape index (κ2) is 16.4. The van der Waals surface area contributed by atoms with E-state index in [2.05, 4.69) is 22.2 Å². The van der Waals surface area contributed by atoms with Gasteiger partial charge in [0, 0.05) is 50.4 Å². The molecule has 8 heteroatoms. The van der Waals surface area contributed by atoms with Crippen molar-refractivity contribution in [3.63, 3.8) is 0 Å². The van der Waals surface area contributed by atoms with Gasteiger partial charge in [0.05, 0.1) is 5.70 Å². The topological polar surface area (TPSA) is 71.7 Å². The summed E-state index contributed by atoms with van der Waals surface area (Å²) in [7, 11) is 1.50. The van der Waals surface area contributed by atoms with Crippen LogP contribution in [0.5, 0.6) is 5.88 Å². The number of hydrogen-bond donors (Lipinski definition) is 1. The van der Waals surface area contributed by atoms with Crippen molar-refractivity contribution in [1.82, 2.24) is 14.8 Å². The normalized spacial score (nSPS) is 18.2. The van der Waals surface area contributed by atoms with Crippen molar-refractivity contribution in [1.29, 1.82) is 0 Å². The lowest BCUT2D eigenvalue weighted by molar-refractivity contribution is -0.106. The van der Waals surface area contributed by atoms with Crippen LogP contribution >= 0.6 is 0 Å². The van der Waals surface area contributed by atoms with E-state index in [1.54, 1.807) is 12.1 Å². The molecule has 2 aliphatic heterocycles. The average molecular weight is 533 g/mol. The van der Waals surface area contributed by atoms with Gasteiger partial charge in [-0.15, -0.1) is 0 Å². The van der Waals surface area contributed by atoms with Gasteiger partial charge in [-0.1, -0.05) is 50.8 Å². The highest BCUT2D eigenvalue weighted by molar-refractivity contribution is 5.74. The molecular formula is C30H46F2N4O2. The number of pyridine rings is 1. The van der Waals surface area contributed by atoms with Crippen molar-refractivity contribution in [3.8, 4) is 5.88 Å². The van der Waals surface area contributed by atoms with Crippen molar-refractivity contribution in [2.45, 2.75) is 71.1 Å². The van der Waals surface area contributed by atoms with E-state index in [0.717, 1.165) is 63.0 Å². The lowest BCUT2D eigenvalue weighted by atomic mass is 9.87. The zero-order valence-electron chi connectivity index (χ0n) is 23.4. The molecule has 0 radical (unpaired) electrons. The second-order valence-corrected chi connectivity index (χ2v) is 10.1. The van der Waals surface area contributed by atoms with E-state index >= 15 is 0 Å². The fourth-order valence-electron chi connectivity index (χ4n) is 5.05. The number of aromatic nitrogens is 1. The van der Waals surface area contributed by atoms with Gasteiger partial charge >= 0.3 is 0 Å². The molecule has 0 aromatic carbocycles. The van der Waals surface area contributed by atoms with E-state index < -0.39 is 12.5 Å². The molecule has 3 aliphatic rings. The molecule has 4 rings (SSSR count). The zero-order valence-corrected chi connectivity index (χ0v) is 23.4. The van der Waals surface area contributed by atoms with Crippen LogP contribution in [0.4, 0.5) is 8.78 Å². The van der Waals surface area contributed by atoms with Gasteiger partial charge in [0.25, 0.3) is 5.92 Å². The summed E-state index contributed by atoms with van der Waals surface area (Å²) in [5, 5.41) is 0. The first kappa shape index (κ1) is 31.6. The molecule has 6 nitrogen and oxygen atoms in total. The monoisotopic (exact) mass is 532 g/mol. The van der Waals surface area contributed by atoms with Crippen LogP contribution in [-0.2, 0) is 17.6 Å². The van der Waals surface area contributed by atoms with Gasteiger partial charge < -0.3 is 20.3 Å². The Morgan fingerprint density at radius 3 is 2.53 bits per heavy atom. The standard InChI is InChI=1S/C20H30F2N2O.C9H11NO.CH5N/c1-20(21,22)15-25-19-8-7-17-10-13-24(14-11-18(17)23-19)12-9-16-5-3-2-4-6-16;1-3-10-8(2)5-4-6-9(10)7-11;1-2/h7-8,16H,2-6,9-15H2,1H3;4-7H,2-3H2,1H3;2H2,1H3. The third-order valence-corrected chi connectivity index (χ3v) is 7.11. The number of likely N-dealkylation sites (N-methyl/N-ethyl adjacent to an activating group) is 1. The Morgan fingerprint density at radius 2 is 1.89 bits per heavy atom. The minimum Gasteiger partial charge on any atom is -0.471 e. The first-order valence-corrected chi connectivity index (χ1v) is 13.9. The molecule has 0 unspecified atom stereocenters. The number of aldehydes is 1. The van der Waals surface area contributed by atoms with Crippen LogP contribution in [0.25, 0.3) is 0 Å². The maximum Gasteiger partial charge on any atom is 0.278 e. The Kier molecular flexibility index (Phi) is 13.7. The molecule has 1 aromatic rings. The van der Waals surface area contributed by atoms with Gasteiger partial charge in [-0.3, -0.25) is 4.79 Å². The van der Waals surface area contributed by atoms with Crippen LogP contribution in [-0.4, -0.2) is 66.8 Å². The summed E-state index contributed by atoms with van der Waals surface area (Å²) < 4.78 is 31.0. The number of carbonyl (C=O) groups excluding carboxylic acids is 1. The van der Waals surface area contributed by atoms with Crippen molar-refractivity contribution in [2.75, 3.05) is 39.8 Å². The molecular weight excluding hydrogens is 486 g/mol. The molecule has 0 saturated heterocycles. The Labute approximate surface area is 227 Å². The fourth-order valence-corrected chi connectivity index (χ4v) is 5.05. The predicted molar refractivity (Wildman–Crippen MR) is 150 cm³/mol. The molecule has 0 atom stereocenters. The van der Waals surface area contributed by atoms with E-state index in [1.807, 2.05) is 30.0 Å². The molecule has 1 fully saturated rings. The first-order chi connectivity index (χ1) is 18.3. The minimum atomic E-state index is -2.83. The number of fused-ring (bicyclic) bond motifs is 1. The molecule has 0 spiro atoms. The van der Waals surface area contributed by atoms with Crippen LogP contribution in [0.1, 0.15) is 63.6 Å². The van der Waals surface area contributed by atoms with E-state index in [4.69, 9.17) is 4.74 Å². The molecule has 0 amide bonds.